The number of halogens is 1. The molecule has 3 rings (SSSR count). The van der Waals surface area contributed by atoms with Gasteiger partial charge in [0.25, 0.3) is 0 Å². The smallest absolute Gasteiger partial charge is 0.0642 e. The van der Waals surface area contributed by atoms with Gasteiger partial charge in [0, 0.05) is 13.1 Å². The van der Waals surface area contributed by atoms with Crippen LogP contribution in [0.3, 0.4) is 0 Å². The quantitative estimate of drug-likeness (QED) is 0.910. The summed E-state index contributed by atoms with van der Waals surface area (Å²) in [7, 11) is 0. The van der Waals surface area contributed by atoms with E-state index in [1.165, 1.54) is 49.9 Å². The molecule has 3 heteroatoms. The van der Waals surface area contributed by atoms with Gasteiger partial charge in [-0.1, -0.05) is 17.7 Å². The standard InChI is InChI=1S/C17H25ClN2/c18-16-12-14(11-15-5-4-8-19-13-15)6-7-17(16)20-9-2-1-3-10-20/h6-7,12,15,19H,1-5,8-11,13H2. The van der Waals surface area contributed by atoms with Crippen LogP contribution in [0.5, 0.6) is 0 Å². The Morgan fingerprint density at radius 3 is 2.70 bits per heavy atom. The maximum absolute atomic E-state index is 6.52. The minimum Gasteiger partial charge on any atom is -0.370 e. The highest BCUT2D eigenvalue weighted by Gasteiger charge is 2.16. The molecule has 1 aromatic carbocycles. The van der Waals surface area contributed by atoms with Crippen molar-refractivity contribution in [3.8, 4) is 0 Å². The van der Waals surface area contributed by atoms with Crippen molar-refractivity contribution in [1.82, 2.24) is 5.32 Å². The number of anilines is 1. The Hall–Kier alpha value is -0.730. The molecule has 2 nitrogen and oxygen atoms in total. The molecule has 0 aromatic heterocycles. The van der Waals surface area contributed by atoms with Crippen molar-refractivity contribution < 1.29 is 0 Å². The maximum atomic E-state index is 6.52. The summed E-state index contributed by atoms with van der Waals surface area (Å²) >= 11 is 6.52. The van der Waals surface area contributed by atoms with Gasteiger partial charge in [0.15, 0.2) is 0 Å². The van der Waals surface area contributed by atoms with Crippen LogP contribution in [-0.4, -0.2) is 26.2 Å². The molecule has 1 N–H and O–H groups in total. The number of benzene rings is 1. The first-order chi connectivity index (χ1) is 9.83. The molecule has 2 heterocycles. The van der Waals surface area contributed by atoms with Crippen molar-refractivity contribution in [2.75, 3.05) is 31.1 Å². The largest absolute Gasteiger partial charge is 0.370 e. The normalized spacial score (nSPS) is 23.9. The SMILES string of the molecule is Clc1cc(CC2CCCNC2)ccc1N1CCCCC1. The van der Waals surface area contributed by atoms with Gasteiger partial charge < -0.3 is 10.2 Å². The number of rotatable bonds is 3. The van der Waals surface area contributed by atoms with Gasteiger partial charge in [0.05, 0.1) is 10.7 Å². The molecule has 0 spiro atoms. The molecule has 2 saturated heterocycles. The topological polar surface area (TPSA) is 15.3 Å². The first kappa shape index (κ1) is 14.2. The molecule has 0 radical (unpaired) electrons. The maximum Gasteiger partial charge on any atom is 0.0642 e. The fourth-order valence-electron chi connectivity index (χ4n) is 3.50. The summed E-state index contributed by atoms with van der Waals surface area (Å²) in [4.78, 5) is 2.44. The van der Waals surface area contributed by atoms with Crippen molar-refractivity contribution >= 4 is 17.3 Å². The molecular formula is C17H25ClN2. The highest BCUT2D eigenvalue weighted by Crippen LogP contribution is 2.30. The third-order valence-electron chi connectivity index (χ3n) is 4.63. The van der Waals surface area contributed by atoms with Crippen LogP contribution in [0.1, 0.15) is 37.7 Å². The average Bonchev–Trinajstić information content (AvgIpc) is 2.49. The van der Waals surface area contributed by atoms with E-state index in [1.807, 2.05) is 0 Å². The van der Waals surface area contributed by atoms with Gasteiger partial charge in [-0.15, -0.1) is 0 Å². The van der Waals surface area contributed by atoms with Crippen LogP contribution >= 0.6 is 11.6 Å². The summed E-state index contributed by atoms with van der Waals surface area (Å²) in [5, 5.41) is 4.43. The van der Waals surface area contributed by atoms with Gasteiger partial charge in [-0.25, -0.2) is 0 Å². The Morgan fingerprint density at radius 2 is 2.00 bits per heavy atom. The van der Waals surface area contributed by atoms with E-state index in [9.17, 15) is 0 Å². The lowest BCUT2D eigenvalue weighted by molar-refractivity contribution is 0.376. The summed E-state index contributed by atoms with van der Waals surface area (Å²) in [6.45, 7) is 4.66. The lowest BCUT2D eigenvalue weighted by Crippen LogP contribution is -2.31. The summed E-state index contributed by atoms with van der Waals surface area (Å²) in [5.74, 6) is 0.778. The lowest BCUT2D eigenvalue weighted by atomic mass is 9.92. The zero-order valence-corrected chi connectivity index (χ0v) is 13.0. The Kier molecular flexibility index (Phi) is 4.85. The molecule has 0 saturated carbocycles. The van der Waals surface area contributed by atoms with Gasteiger partial charge in [0.2, 0.25) is 0 Å². The predicted octanol–water partition coefficient (Wildman–Crippen LogP) is 3.87. The minimum atomic E-state index is 0.778. The number of nitrogens with zero attached hydrogens (tertiary/aromatic N) is 1. The van der Waals surface area contributed by atoms with Crippen LogP contribution in [0, 0.1) is 5.92 Å². The first-order valence-electron chi connectivity index (χ1n) is 8.07. The average molecular weight is 293 g/mol. The molecular weight excluding hydrogens is 268 g/mol. The molecule has 0 amide bonds. The van der Waals surface area contributed by atoms with Crippen LogP contribution in [0.2, 0.25) is 5.02 Å². The third kappa shape index (κ3) is 3.48. The van der Waals surface area contributed by atoms with Crippen LogP contribution in [0.4, 0.5) is 5.69 Å². The molecule has 2 aliphatic rings. The van der Waals surface area contributed by atoms with E-state index in [-0.39, 0.29) is 0 Å². The van der Waals surface area contributed by atoms with Gasteiger partial charge in [0.1, 0.15) is 0 Å². The molecule has 20 heavy (non-hydrogen) atoms. The molecule has 1 atom stereocenters. The predicted molar refractivity (Wildman–Crippen MR) is 86.8 cm³/mol. The van der Waals surface area contributed by atoms with E-state index in [2.05, 4.69) is 28.4 Å². The minimum absolute atomic E-state index is 0.778. The molecule has 1 unspecified atom stereocenters. The molecule has 0 aliphatic carbocycles. The first-order valence-corrected chi connectivity index (χ1v) is 8.45. The third-order valence-corrected chi connectivity index (χ3v) is 4.93. The molecule has 110 valence electrons. The Bertz CT molecular complexity index is 435. The van der Waals surface area contributed by atoms with Crippen LogP contribution in [-0.2, 0) is 6.42 Å². The molecule has 2 aliphatic heterocycles. The highest BCUT2D eigenvalue weighted by molar-refractivity contribution is 6.33. The van der Waals surface area contributed by atoms with E-state index in [4.69, 9.17) is 11.6 Å². The van der Waals surface area contributed by atoms with E-state index < -0.39 is 0 Å². The van der Waals surface area contributed by atoms with Crippen LogP contribution < -0.4 is 10.2 Å². The van der Waals surface area contributed by atoms with E-state index in [1.54, 1.807) is 0 Å². The molecule has 1 aromatic rings. The van der Waals surface area contributed by atoms with E-state index >= 15 is 0 Å². The lowest BCUT2D eigenvalue weighted by Gasteiger charge is -2.30. The number of nitrogens with one attached hydrogen (secondary N) is 1. The Morgan fingerprint density at radius 1 is 1.15 bits per heavy atom. The van der Waals surface area contributed by atoms with Crippen molar-refractivity contribution in [2.45, 2.75) is 38.5 Å². The monoisotopic (exact) mass is 292 g/mol. The van der Waals surface area contributed by atoms with Gasteiger partial charge in [-0.3, -0.25) is 0 Å². The zero-order valence-electron chi connectivity index (χ0n) is 12.2. The van der Waals surface area contributed by atoms with E-state index in [0.29, 0.717) is 0 Å². The second-order valence-corrected chi connectivity index (χ2v) is 6.66. The second kappa shape index (κ2) is 6.82. The Labute approximate surface area is 127 Å². The fourth-order valence-corrected chi connectivity index (χ4v) is 3.82. The van der Waals surface area contributed by atoms with Crippen LogP contribution in [0.25, 0.3) is 0 Å². The van der Waals surface area contributed by atoms with Crippen LogP contribution in [0.15, 0.2) is 18.2 Å². The second-order valence-electron chi connectivity index (χ2n) is 6.25. The van der Waals surface area contributed by atoms with Gasteiger partial charge in [-0.05, 0) is 75.2 Å². The fraction of sp³-hybridized carbons (Fsp3) is 0.647. The number of hydrogen-bond donors (Lipinski definition) is 1. The summed E-state index contributed by atoms with van der Waals surface area (Å²) in [6.07, 6.45) is 7.77. The number of piperidine rings is 2. The summed E-state index contributed by atoms with van der Waals surface area (Å²) in [6, 6.07) is 6.71. The zero-order chi connectivity index (χ0) is 13.8. The van der Waals surface area contributed by atoms with Crippen molar-refractivity contribution in [1.29, 1.82) is 0 Å². The van der Waals surface area contributed by atoms with E-state index in [0.717, 1.165) is 37.0 Å². The summed E-state index contributed by atoms with van der Waals surface area (Å²) in [5.41, 5.74) is 2.63. The molecule has 0 bridgehead atoms. The summed E-state index contributed by atoms with van der Waals surface area (Å²) < 4.78 is 0. The Balaban J connectivity index is 1.66. The highest BCUT2D eigenvalue weighted by atomic mass is 35.5. The number of hydrogen-bond acceptors (Lipinski definition) is 2. The van der Waals surface area contributed by atoms with Gasteiger partial charge >= 0.3 is 0 Å². The van der Waals surface area contributed by atoms with Gasteiger partial charge in [-0.2, -0.15) is 0 Å². The van der Waals surface area contributed by atoms with Crippen molar-refractivity contribution in [3.63, 3.8) is 0 Å². The van der Waals surface area contributed by atoms with Crippen molar-refractivity contribution in [2.24, 2.45) is 5.92 Å². The molecule has 2 fully saturated rings. The van der Waals surface area contributed by atoms with Crippen molar-refractivity contribution in [3.05, 3.63) is 28.8 Å².